The molecule has 4 heterocycles. The topological polar surface area (TPSA) is 115 Å². The summed E-state index contributed by atoms with van der Waals surface area (Å²) < 4.78 is 7.15. The molecule has 10 heteroatoms. The molecule has 1 fully saturated rings. The molecule has 0 unspecified atom stereocenters. The highest BCUT2D eigenvalue weighted by atomic mass is 32.1. The number of nitrogens with one attached hydrogen (secondary N) is 1. The summed E-state index contributed by atoms with van der Waals surface area (Å²) in [5, 5.41) is 33.3. The normalized spacial score (nSPS) is 27.9. The Bertz CT molecular complexity index is 765. The fourth-order valence-corrected chi connectivity index (χ4v) is 3.85. The number of fused-ring (bicyclic) bond motifs is 1. The molecule has 2 aromatic rings. The van der Waals surface area contributed by atoms with Gasteiger partial charge in [0.25, 0.3) is 0 Å². The van der Waals surface area contributed by atoms with Gasteiger partial charge in [-0.15, -0.1) is 11.3 Å². The Kier molecular flexibility index (Phi) is 5.02. The van der Waals surface area contributed by atoms with Crippen LogP contribution in [-0.4, -0.2) is 67.7 Å². The van der Waals surface area contributed by atoms with E-state index >= 15 is 0 Å². The van der Waals surface area contributed by atoms with E-state index < -0.39 is 24.5 Å². The fourth-order valence-electron chi connectivity index (χ4n) is 3.14. The molecule has 0 saturated carbocycles. The predicted octanol–water partition coefficient (Wildman–Crippen LogP) is -0.221. The van der Waals surface area contributed by atoms with Gasteiger partial charge in [-0.3, -0.25) is 9.58 Å². The van der Waals surface area contributed by atoms with Crippen molar-refractivity contribution in [2.24, 2.45) is 4.99 Å². The summed E-state index contributed by atoms with van der Waals surface area (Å²) in [5.74, 6) is 0.580. The van der Waals surface area contributed by atoms with Gasteiger partial charge in [0.1, 0.15) is 30.3 Å². The van der Waals surface area contributed by atoms with E-state index in [-0.39, 0.29) is 6.61 Å². The van der Waals surface area contributed by atoms with E-state index in [9.17, 15) is 15.3 Å². The molecule has 2 aliphatic rings. The molecule has 4 atom stereocenters. The first-order chi connectivity index (χ1) is 12.7. The van der Waals surface area contributed by atoms with Crippen LogP contribution >= 0.6 is 11.3 Å². The summed E-state index contributed by atoms with van der Waals surface area (Å²) in [6.07, 6.45) is 0.207. The van der Waals surface area contributed by atoms with E-state index in [0.717, 1.165) is 18.7 Å². The lowest BCUT2D eigenvalue weighted by Gasteiger charge is -2.24. The number of thiophene rings is 1. The van der Waals surface area contributed by atoms with Crippen LogP contribution in [0.1, 0.15) is 16.8 Å². The number of hydrogen-bond acceptors (Lipinski definition) is 9. The van der Waals surface area contributed by atoms with Crippen LogP contribution in [-0.2, 0) is 17.7 Å². The maximum absolute atomic E-state index is 10.2. The largest absolute Gasteiger partial charge is 0.394 e. The van der Waals surface area contributed by atoms with E-state index in [1.807, 2.05) is 11.1 Å². The van der Waals surface area contributed by atoms with E-state index in [4.69, 9.17) is 4.74 Å². The maximum Gasteiger partial charge on any atom is 0.165 e. The Hall–Kier alpha value is -1.82. The molecule has 0 aromatic carbocycles. The molecule has 4 N–H and O–H groups in total. The van der Waals surface area contributed by atoms with Gasteiger partial charge in [-0.2, -0.15) is 0 Å². The van der Waals surface area contributed by atoms with Crippen molar-refractivity contribution in [3.05, 3.63) is 34.4 Å². The lowest BCUT2D eigenvalue weighted by atomic mass is 10.1. The lowest BCUT2D eigenvalue weighted by molar-refractivity contribution is -0.0520. The number of aliphatic hydroxyl groups excluding tert-OH is 3. The van der Waals surface area contributed by atoms with Gasteiger partial charge in [0, 0.05) is 11.4 Å². The quantitative estimate of drug-likeness (QED) is 0.548. The Balaban J connectivity index is 1.40. The van der Waals surface area contributed by atoms with Crippen molar-refractivity contribution in [3.8, 4) is 0 Å². The minimum absolute atomic E-state index is 0.364. The molecule has 0 radical (unpaired) electrons. The minimum atomic E-state index is -1.15. The second-order valence-corrected chi connectivity index (χ2v) is 7.29. The monoisotopic (exact) mass is 379 g/mol. The highest BCUT2D eigenvalue weighted by molar-refractivity contribution is 7.09. The van der Waals surface area contributed by atoms with E-state index in [1.54, 1.807) is 22.2 Å². The number of ether oxygens (including phenoxy) is 1. The number of aromatic nitrogens is 2. The minimum Gasteiger partial charge on any atom is -0.394 e. The number of hydrogen-bond donors (Lipinski definition) is 4. The van der Waals surface area contributed by atoms with Crippen LogP contribution in [0.2, 0.25) is 0 Å². The molecule has 0 amide bonds. The van der Waals surface area contributed by atoms with Gasteiger partial charge < -0.3 is 20.1 Å². The smallest absolute Gasteiger partial charge is 0.165 e. The summed E-state index contributed by atoms with van der Waals surface area (Å²) in [7, 11) is 0. The number of aliphatic hydroxyl groups is 3. The zero-order chi connectivity index (χ0) is 18.1. The first kappa shape index (κ1) is 17.6. The van der Waals surface area contributed by atoms with Crippen LogP contribution in [0.4, 0.5) is 5.82 Å². The van der Waals surface area contributed by atoms with Gasteiger partial charge in [-0.05, 0) is 17.9 Å². The van der Waals surface area contributed by atoms with E-state index in [1.165, 1.54) is 11.2 Å². The average Bonchev–Trinajstić information content (AvgIpc) is 3.36. The fraction of sp³-hybridized carbons (Fsp3) is 0.500. The van der Waals surface area contributed by atoms with Crippen molar-refractivity contribution in [2.45, 2.75) is 37.5 Å². The van der Waals surface area contributed by atoms with Crippen LogP contribution in [0.25, 0.3) is 0 Å². The molecule has 0 bridgehead atoms. The standard InChI is InChI=1S/C16H21N5O4S/c22-7-12-13(23)14(24)16(25-12)21-9-17-11-6-20(8-18-15(11)21)19-4-3-10-2-1-5-26-10/h1-2,5,8-9,12-14,16,19,22-24H,3-4,6-7H2/t12-,13-,14-,16-/m1/s1. The molecule has 4 rings (SSSR count). The van der Waals surface area contributed by atoms with Gasteiger partial charge >= 0.3 is 0 Å². The number of hydrazine groups is 1. The molecule has 0 spiro atoms. The Morgan fingerprint density at radius 2 is 2.23 bits per heavy atom. The predicted molar refractivity (Wildman–Crippen MR) is 95.0 cm³/mol. The Morgan fingerprint density at radius 3 is 2.96 bits per heavy atom. The highest BCUT2D eigenvalue weighted by Crippen LogP contribution is 2.34. The first-order valence-electron chi connectivity index (χ1n) is 8.42. The van der Waals surface area contributed by atoms with Crippen molar-refractivity contribution < 1.29 is 20.1 Å². The van der Waals surface area contributed by atoms with Gasteiger partial charge in [-0.1, -0.05) is 6.07 Å². The van der Waals surface area contributed by atoms with Crippen molar-refractivity contribution in [2.75, 3.05) is 13.2 Å². The second kappa shape index (κ2) is 7.43. The third kappa shape index (κ3) is 3.27. The maximum atomic E-state index is 10.2. The highest BCUT2D eigenvalue weighted by Gasteiger charge is 2.44. The van der Waals surface area contributed by atoms with Crippen LogP contribution in [0, 0.1) is 0 Å². The first-order valence-corrected chi connectivity index (χ1v) is 9.30. The molecular weight excluding hydrogens is 358 g/mol. The second-order valence-electron chi connectivity index (χ2n) is 6.26. The van der Waals surface area contributed by atoms with E-state index in [0.29, 0.717) is 12.4 Å². The lowest BCUT2D eigenvalue weighted by Crippen LogP contribution is -2.39. The van der Waals surface area contributed by atoms with Gasteiger partial charge in [0.05, 0.1) is 19.5 Å². The number of aliphatic imine (C=N–C) groups is 1. The van der Waals surface area contributed by atoms with Crippen LogP contribution in [0.5, 0.6) is 0 Å². The summed E-state index contributed by atoms with van der Waals surface area (Å²) >= 11 is 1.73. The summed E-state index contributed by atoms with van der Waals surface area (Å²) in [4.78, 5) is 10.1. The summed E-state index contributed by atoms with van der Waals surface area (Å²) in [6.45, 7) is 0.958. The molecule has 9 nitrogen and oxygen atoms in total. The van der Waals surface area contributed by atoms with Gasteiger partial charge in [-0.25, -0.2) is 15.4 Å². The van der Waals surface area contributed by atoms with Crippen molar-refractivity contribution in [1.29, 1.82) is 0 Å². The van der Waals surface area contributed by atoms with E-state index in [2.05, 4.69) is 26.8 Å². The number of rotatable bonds is 6. The van der Waals surface area contributed by atoms with Crippen molar-refractivity contribution in [1.82, 2.24) is 20.0 Å². The van der Waals surface area contributed by atoms with Crippen LogP contribution < -0.4 is 5.43 Å². The van der Waals surface area contributed by atoms with Gasteiger partial charge in [0.2, 0.25) is 0 Å². The third-order valence-corrected chi connectivity index (χ3v) is 5.47. The van der Waals surface area contributed by atoms with Crippen LogP contribution in [0.15, 0.2) is 28.8 Å². The average molecular weight is 379 g/mol. The van der Waals surface area contributed by atoms with Crippen molar-refractivity contribution in [3.63, 3.8) is 0 Å². The molecule has 26 heavy (non-hydrogen) atoms. The Morgan fingerprint density at radius 1 is 1.35 bits per heavy atom. The van der Waals surface area contributed by atoms with Crippen molar-refractivity contribution >= 4 is 23.5 Å². The third-order valence-electron chi connectivity index (χ3n) is 4.54. The molecule has 1 saturated heterocycles. The zero-order valence-corrected chi connectivity index (χ0v) is 14.8. The van der Waals surface area contributed by atoms with Crippen LogP contribution in [0.3, 0.4) is 0 Å². The molecule has 2 aromatic heterocycles. The molecular formula is C16H21N5O4S. The molecule has 0 aliphatic carbocycles. The Labute approximate surface area is 154 Å². The molecule has 140 valence electrons. The number of nitrogens with zero attached hydrogens (tertiary/aromatic N) is 4. The summed E-state index contributed by atoms with van der Waals surface area (Å²) in [6, 6.07) is 4.15. The van der Waals surface area contributed by atoms with Gasteiger partial charge in [0.15, 0.2) is 12.0 Å². The zero-order valence-electron chi connectivity index (χ0n) is 14.0. The number of imidazole rings is 1. The SMILES string of the molecule is OC[C@H]1O[C@@H](n2cnc3c2N=CN(NCCc2cccs2)C3)[C@H](O)[C@@H]1O. The molecule has 2 aliphatic heterocycles. The summed E-state index contributed by atoms with van der Waals surface area (Å²) in [5.41, 5.74) is 4.04.